The Labute approximate surface area is 161 Å². The summed E-state index contributed by atoms with van der Waals surface area (Å²) in [6.07, 6.45) is 0. The first-order chi connectivity index (χ1) is 12.9. The summed E-state index contributed by atoms with van der Waals surface area (Å²) in [5.41, 5.74) is 3.03. The van der Waals surface area contributed by atoms with Gasteiger partial charge in [0.15, 0.2) is 0 Å². The van der Waals surface area contributed by atoms with Crippen LogP contribution in [0.25, 0.3) is 11.3 Å². The average Bonchev–Trinajstić information content (AvgIpc) is 3.13. The molecule has 0 saturated heterocycles. The Bertz CT molecular complexity index is 967. The summed E-state index contributed by atoms with van der Waals surface area (Å²) in [6.45, 7) is 1.84. The third kappa shape index (κ3) is 4.54. The smallest absolute Gasteiger partial charge is 0.292 e. The van der Waals surface area contributed by atoms with Gasteiger partial charge in [0.2, 0.25) is 11.7 Å². The summed E-state index contributed by atoms with van der Waals surface area (Å²) in [4.78, 5) is 25.9. The van der Waals surface area contributed by atoms with E-state index >= 15 is 0 Å². The topological polar surface area (TPSA) is 75.4 Å². The fourth-order valence-corrected chi connectivity index (χ4v) is 2.65. The number of halogens is 1. The summed E-state index contributed by atoms with van der Waals surface area (Å²) in [6, 6.07) is 16.2. The van der Waals surface area contributed by atoms with Gasteiger partial charge >= 0.3 is 0 Å². The standard InChI is InChI=1S/C20H18ClN3O3/c1-13-7-9-14(10-8-13)17-11-18(27-23-17)20(26)24(2)12-19(25)22-16-6-4-3-5-15(16)21/h3-11H,12H2,1-2H3,(H,22,25). The zero-order valence-corrected chi connectivity index (χ0v) is 15.7. The molecule has 0 saturated carbocycles. The molecular formula is C20H18ClN3O3. The number of hydrogen-bond donors (Lipinski definition) is 1. The molecule has 138 valence electrons. The molecule has 7 heteroatoms. The number of benzene rings is 2. The number of hydrogen-bond acceptors (Lipinski definition) is 4. The van der Waals surface area contributed by atoms with Crippen LogP contribution in [-0.2, 0) is 4.79 Å². The number of anilines is 1. The lowest BCUT2D eigenvalue weighted by atomic mass is 10.1. The van der Waals surface area contributed by atoms with E-state index < -0.39 is 5.91 Å². The van der Waals surface area contributed by atoms with Gasteiger partial charge in [0.05, 0.1) is 17.3 Å². The second kappa shape index (κ2) is 8.05. The van der Waals surface area contributed by atoms with Crippen LogP contribution in [0.5, 0.6) is 0 Å². The summed E-state index contributed by atoms with van der Waals surface area (Å²) in [7, 11) is 1.52. The monoisotopic (exact) mass is 383 g/mol. The third-order valence-corrected chi connectivity index (χ3v) is 4.27. The van der Waals surface area contributed by atoms with Gasteiger partial charge in [0, 0.05) is 18.7 Å². The number of nitrogens with one attached hydrogen (secondary N) is 1. The number of aryl methyl sites for hydroxylation is 1. The molecule has 0 spiro atoms. The SMILES string of the molecule is Cc1ccc(-c2cc(C(=O)N(C)CC(=O)Nc3ccccc3Cl)on2)cc1. The molecule has 6 nitrogen and oxygen atoms in total. The van der Waals surface area contributed by atoms with Crippen molar-refractivity contribution >= 4 is 29.1 Å². The van der Waals surface area contributed by atoms with E-state index in [-0.39, 0.29) is 18.2 Å². The lowest BCUT2D eigenvalue weighted by molar-refractivity contribution is -0.116. The van der Waals surface area contributed by atoms with E-state index in [1.165, 1.54) is 11.9 Å². The van der Waals surface area contributed by atoms with Gasteiger partial charge in [-0.2, -0.15) is 0 Å². The van der Waals surface area contributed by atoms with E-state index in [0.29, 0.717) is 16.4 Å². The molecule has 0 fully saturated rings. The van der Waals surface area contributed by atoms with Gasteiger partial charge in [0.25, 0.3) is 5.91 Å². The van der Waals surface area contributed by atoms with E-state index in [0.717, 1.165) is 11.1 Å². The lowest BCUT2D eigenvalue weighted by Crippen LogP contribution is -2.34. The maximum absolute atomic E-state index is 12.5. The molecule has 3 aromatic rings. The highest BCUT2D eigenvalue weighted by Crippen LogP contribution is 2.21. The number of rotatable bonds is 5. The summed E-state index contributed by atoms with van der Waals surface area (Å²) < 4.78 is 5.16. The quantitative estimate of drug-likeness (QED) is 0.722. The molecule has 1 N–H and O–H groups in total. The molecule has 3 rings (SSSR count). The van der Waals surface area contributed by atoms with Gasteiger partial charge in [-0.25, -0.2) is 0 Å². The van der Waals surface area contributed by atoms with Crippen LogP contribution < -0.4 is 5.32 Å². The molecule has 2 aromatic carbocycles. The van der Waals surface area contributed by atoms with E-state index in [1.807, 2.05) is 31.2 Å². The zero-order chi connectivity index (χ0) is 19.4. The van der Waals surface area contributed by atoms with Gasteiger partial charge < -0.3 is 14.7 Å². The molecule has 0 radical (unpaired) electrons. The normalized spacial score (nSPS) is 10.5. The van der Waals surface area contributed by atoms with E-state index in [2.05, 4.69) is 10.5 Å². The first kappa shape index (κ1) is 18.7. The highest BCUT2D eigenvalue weighted by atomic mass is 35.5. The number of carbonyl (C=O) groups excluding carboxylic acids is 2. The minimum absolute atomic E-state index is 0.0682. The van der Waals surface area contributed by atoms with Crippen molar-refractivity contribution in [2.24, 2.45) is 0 Å². The molecule has 2 amide bonds. The number of carbonyl (C=O) groups is 2. The second-order valence-electron chi connectivity index (χ2n) is 6.13. The molecule has 0 aliphatic heterocycles. The Morgan fingerprint density at radius 1 is 1.15 bits per heavy atom. The molecule has 0 aliphatic rings. The fourth-order valence-electron chi connectivity index (χ4n) is 2.46. The van der Waals surface area contributed by atoms with Crippen molar-refractivity contribution in [3.8, 4) is 11.3 Å². The van der Waals surface area contributed by atoms with Gasteiger partial charge in [0.1, 0.15) is 5.69 Å². The molecular weight excluding hydrogens is 366 g/mol. The van der Waals surface area contributed by atoms with Crippen LogP contribution in [-0.4, -0.2) is 35.5 Å². The van der Waals surface area contributed by atoms with Crippen LogP contribution >= 0.6 is 11.6 Å². The first-order valence-corrected chi connectivity index (χ1v) is 8.65. The zero-order valence-electron chi connectivity index (χ0n) is 14.9. The van der Waals surface area contributed by atoms with Crippen LogP contribution in [0.4, 0.5) is 5.69 Å². The molecule has 0 unspecified atom stereocenters. The van der Waals surface area contributed by atoms with E-state index in [1.54, 1.807) is 30.3 Å². The van der Waals surface area contributed by atoms with Crippen LogP contribution in [0.3, 0.4) is 0 Å². The number of para-hydroxylation sites is 1. The molecule has 0 atom stereocenters. The summed E-state index contributed by atoms with van der Waals surface area (Å²) in [5, 5.41) is 7.04. The lowest BCUT2D eigenvalue weighted by Gasteiger charge is -2.15. The molecule has 1 heterocycles. The number of aromatic nitrogens is 1. The molecule has 0 aliphatic carbocycles. The van der Waals surface area contributed by atoms with Crippen molar-refractivity contribution in [3.63, 3.8) is 0 Å². The van der Waals surface area contributed by atoms with Gasteiger partial charge in [-0.05, 0) is 19.1 Å². The van der Waals surface area contributed by atoms with Crippen molar-refractivity contribution in [2.45, 2.75) is 6.92 Å². The summed E-state index contributed by atoms with van der Waals surface area (Å²) in [5.74, 6) is -0.731. The van der Waals surface area contributed by atoms with Crippen LogP contribution in [0, 0.1) is 6.92 Å². The number of likely N-dealkylation sites (N-methyl/N-ethyl adjacent to an activating group) is 1. The minimum Gasteiger partial charge on any atom is -0.350 e. The highest BCUT2D eigenvalue weighted by Gasteiger charge is 2.20. The molecule has 27 heavy (non-hydrogen) atoms. The maximum atomic E-state index is 12.5. The van der Waals surface area contributed by atoms with Crippen molar-refractivity contribution in [1.29, 1.82) is 0 Å². The van der Waals surface area contributed by atoms with Crippen LogP contribution in [0.15, 0.2) is 59.1 Å². The Balaban J connectivity index is 1.64. The second-order valence-corrected chi connectivity index (χ2v) is 6.54. The van der Waals surface area contributed by atoms with Crippen LogP contribution in [0.2, 0.25) is 5.02 Å². The molecule has 1 aromatic heterocycles. The third-order valence-electron chi connectivity index (χ3n) is 3.94. The van der Waals surface area contributed by atoms with Crippen molar-refractivity contribution < 1.29 is 14.1 Å². The number of nitrogens with zero attached hydrogens (tertiary/aromatic N) is 2. The van der Waals surface area contributed by atoms with Crippen molar-refractivity contribution in [2.75, 3.05) is 18.9 Å². The summed E-state index contributed by atoms with van der Waals surface area (Å²) >= 11 is 6.02. The fraction of sp³-hybridized carbons (Fsp3) is 0.150. The first-order valence-electron chi connectivity index (χ1n) is 8.27. The minimum atomic E-state index is -0.435. The maximum Gasteiger partial charge on any atom is 0.292 e. The predicted octanol–water partition coefficient (Wildman–Crippen LogP) is 4.01. The van der Waals surface area contributed by atoms with E-state index in [4.69, 9.17) is 16.1 Å². The van der Waals surface area contributed by atoms with Gasteiger partial charge in [-0.1, -0.05) is 58.7 Å². The highest BCUT2D eigenvalue weighted by molar-refractivity contribution is 6.33. The Morgan fingerprint density at radius 2 is 1.85 bits per heavy atom. The Hall–Kier alpha value is -3.12. The average molecular weight is 384 g/mol. The van der Waals surface area contributed by atoms with E-state index in [9.17, 15) is 9.59 Å². The van der Waals surface area contributed by atoms with Crippen molar-refractivity contribution in [3.05, 3.63) is 70.9 Å². The predicted molar refractivity (Wildman–Crippen MR) is 104 cm³/mol. The largest absolute Gasteiger partial charge is 0.350 e. The molecule has 0 bridgehead atoms. The number of amides is 2. The Morgan fingerprint density at radius 3 is 2.56 bits per heavy atom. The van der Waals surface area contributed by atoms with Crippen LogP contribution in [0.1, 0.15) is 16.1 Å². The van der Waals surface area contributed by atoms with Crippen molar-refractivity contribution in [1.82, 2.24) is 10.1 Å². The Kier molecular flexibility index (Phi) is 5.57. The van der Waals surface area contributed by atoms with Gasteiger partial charge in [-0.3, -0.25) is 9.59 Å². The van der Waals surface area contributed by atoms with Gasteiger partial charge in [-0.15, -0.1) is 0 Å².